The fraction of sp³-hybridized carbons (Fsp3) is 0.250. The van der Waals surface area contributed by atoms with Crippen molar-refractivity contribution in [3.05, 3.63) is 71.8 Å². The lowest BCUT2D eigenvalue weighted by Gasteiger charge is -2.07. The van der Waals surface area contributed by atoms with Gasteiger partial charge in [-0.25, -0.2) is 5.48 Å². The van der Waals surface area contributed by atoms with Crippen LogP contribution in [0, 0.1) is 0 Å². The molecule has 2 rings (SSSR count). The van der Waals surface area contributed by atoms with Crippen LogP contribution in [0.1, 0.15) is 11.1 Å². The highest BCUT2D eigenvalue weighted by Crippen LogP contribution is 1.99. The maximum atomic E-state index is 5.38. The van der Waals surface area contributed by atoms with E-state index in [1.807, 2.05) is 24.3 Å². The van der Waals surface area contributed by atoms with Crippen molar-refractivity contribution in [2.75, 3.05) is 13.1 Å². The summed E-state index contributed by atoms with van der Waals surface area (Å²) in [5.41, 5.74) is 5.43. The van der Waals surface area contributed by atoms with E-state index >= 15 is 0 Å². The molecule has 0 aliphatic heterocycles. The van der Waals surface area contributed by atoms with E-state index in [-0.39, 0.29) is 0 Å². The molecule has 3 nitrogen and oxygen atoms in total. The third-order valence-corrected chi connectivity index (χ3v) is 2.76. The molecule has 0 heterocycles. The molecule has 0 fully saturated rings. The Morgan fingerprint density at radius 2 is 1.37 bits per heavy atom. The third kappa shape index (κ3) is 5.66. The van der Waals surface area contributed by atoms with Crippen LogP contribution in [0.5, 0.6) is 0 Å². The first kappa shape index (κ1) is 13.7. The number of nitrogens with one attached hydrogen (secondary N) is 2. The second-order valence-electron chi connectivity index (χ2n) is 4.33. The van der Waals surface area contributed by atoms with Crippen LogP contribution in [-0.4, -0.2) is 13.1 Å². The van der Waals surface area contributed by atoms with E-state index in [0.717, 1.165) is 19.6 Å². The van der Waals surface area contributed by atoms with Crippen molar-refractivity contribution in [1.82, 2.24) is 10.8 Å². The van der Waals surface area contributed by atoms with Gasteiger partial charge in [0.1, 0.15) is 0 Å². The van der Waals surface area contributed by atoms with Crippen LogP contribution in [0.3, 0.4) is 0 Å². The SMILES string of the molecule is c1ccc(CNCCNOCc2ccccc2)cc1. The van der Waals surface area contributed by atoms with Crippen LogP contribution in [0.2, 0.25) is 0 Å². The maximum absolute atomic E-state index is 5.38. The van der Waals surface area contributed by atoms with E-state index in [1.54, 1.807) is 0 Å². The summed E-state index contributed by atoms with van der Waals surface area (Å²) >= 11 is 0. The van der Waals surface area contributed by atoms with Crippen LogP contribution in [0.4, 0.5) is 0 Å². The van der Waals surface area contributed by atoms with Gasteiger partial charge in [-0.3, -0.25) is 4.84 Å². The van der Waals surface area contributed by atoms with Gasteiger partial charge in [-0.05, 0) is 11.1 Å². The van der Waals surface area contributed by atoms with Crippen LogP contribution in [-0.2, 0) is 18.0 Å². The van der Waals surface area contributed by atoms with E-state index < -0.39 is 0 Å². The van der Waals surface area contributed by atoms with E-state index in [2.05, 4.69) is 47.2 Å². The van der Waals surface area contributed by atoms with Crippen LogP contribution < -0.4 is 10.8 Å². The molecule has 0 radical (unpaired) electrons. The smallest absolute Gasteiger partial charge is 0.0933 e. The van der Waals surface area contributed by atoms with Gasteiger partial charge in [0.05, 0.1) is 6.61 Å². The van der Waals surface area contributed by atoms with E-state index in [4.69, 9.17) is 4.84 Å². The predicted octanol–water partition coefficient (Wildman–Crippen LogP) is 2.50. The van der Waals surface area contributed by atoms with Gasteiger partial charge in [0, 0.05) is 19.6 Å². The van der Waals surface area contributed by atoms with Crippen LogP contribution in [0.25, 0.3) is 0 Å². The summed E-state index contributed by atoms with van der Waals surface area (Å²) in [5, 5.41) is 3.36. The molecule has 19 heavy (non-hydrogen) atoms. The van der Waals surface area contributed by atoms with Crippen molar-refractivity contribution >= 4 is 0 Å². The molecule has 2 N–H and O–H groups in total. The lowest BCUT2D eigenvalue weighted by Crippen LogP contribution is -2.27. The zero-order valence-electron chi connectivity index (χ0n) is 11.0. The summed E-state index contributed by atoms with van der Waals surface area (Å²) in [6.45, 7) is 3.16. The Labute approximate surface area is 114 Å². The summed E-state index contributed by atoms with van der Waals surface area (Å²) in [4.78, 5) is 5.38. The molecule has 0 atom stereocenters. The summed E-state index contributed by atoms with van der Waals surface area (Å²) in [6.07, 6.45) is 0. The molecule has 2 aromatic rings. The molecule has 2 aromatic carbocycles. The highest BCUT2D eigenvalue weighted by atomic mass is 16.6. The van der Waals surface area contributed by atoms with Gasteiger partial charge in [-0.15, -0.1) is 0 Å². The molecule has 0 saturated heterocycles. The second kappa shape index (κ2) is 8.43. The number of hydrogen-bond acceptors (Lipinski definition) is 3. The molecule has 0 aliphatic rings. The van der Waals surface area contributed by atoms with Gasteiger partial charge in [0.15, 0.2) is 0 Å². The fourth-order valence-electron chi connectivity index (χ4n) is 1.75. The Bertz CT molecular complexity index is 401. The van der Waals surface area contributed by atoms with Gasteiger partial charge in [-0.2, -0.15) is 0 Å². The van der Waals surface area contributed by atoms with Crippen molar-refractivity contribution in [2.24, 2.45) is 0 Å². The van der Waals surface area contributed by atoms with Crippen LogP contribution >= 0.6 is 0 Å². The molecule has 0 aliphatic carbocycles. The number of hydrogen-bond donors (Lipinski definition) is 2. The molecular formula is C16H20N2O. The first-order valence-corrected chi connectivity index (χ1v) is 6.58. The lowest BCUT2D eigenvalue weighted by atomic mass is 10.2. The van der Waals surface area contributed by atoms with Crippen molar-refractivity contribution in [2.45, 2.75) is 13.2 Å². The lowest BCUT2D eigenvalue weighted by molar-refractivity contribution is 0.0288. The van der Waals surface area contributed by atoms with Gasteiger partial charge >= 0.3 is 0 Å². The Hall–Kier alpha value is -1.68. The fourth-order valence-corrected chi connectivity index (χ4v) is 1.75. The molecule has 0 unspecified atom stereocenters. The van der Waals surface area contributed by atoms with Gasteiger partial charge in [0.2, 0.25) is 0 Å². The average Bonchev–Trinajstić information content (AvgIpc) is 2.48. The summed E-state index contributed by atoms with van der Waals surface area (Å²) in [6, 6.07) is 20.5. The van der Waals surface area contributed by atoms with E-state index in [0.29, 0.717) is 6.61 Å². The van der Waals surface area contributed by atoms with E-state index in [1.165, 1.54) is 11.1 Å². The second-order valence-corrected chi connectivity index (χ2v) is 4.33. The monoisotopic (exact) mass is 256 g/mol. The summed E-state index contributed by atoms with van der Waals surface area (Å²) in [7, 11) is 0. The van der Waals surface area contributed by atoms with Gasteiger partial charge < -0.3 is 5.32 Å². The van der Waals surface area contributed by atoms with Crippen molar-refractivity contribution in [3.63, 3.8) is 0 Å². The minimum atomic E-state index is 0.597. The molecule has 0 aromatic heterocycles. The zero-order chi connectivity index (χ0) is 13.2. The molecule has 0 amide bonds. The first-order valence-electron chi connectivity index (χ1n) is 6.58. The Morgan fingerprint density at radius 1 is 0.737 bits per heavy atom. The highest BCUT2D eigenvalue weighted by molar-refractivity contribution is 5.14. The quantitative estimate of drug-likeness (QED) is 0.562. The Morgan fingerprint density at radius 3 is 2.05 bits per heavy atom. The minimum absolute atomic E-state index is 0.597. The van der Waals surface area contributed by atoms with Crippen molar-refractivity contribution in [1.29, 1.82) is 0 Å². The molecule has 0 bridgehead atoms. The summed E-state index contributed by atoms with van der Waals surface area (Å²) in [5.74, 6) is 0. The first-order chi connectivity index (χ1) is 9.45. The highest BCUT2D eigenvalue weighted by Gasteiger charge is 1.92. The van der Waals surface area contributed by atoms with Gasteiger partial charge in [0.25, 0.3) is 0 Å². The Balaban J connectivity index is 1.49. The molecule has 3 heteroatoms. The van der Waals surface area contributed by atoms with Crippen LogP contribution in [0.15, 0.2) is 60.7 Å². The number of benzene rings is 2. The van der Waals surface area contributed by atoms with Crippen molar-refractivity contribution < 1.29 is 4.84 Å². The normalized spacial score (nSPS) is 10.5. The molecule has 100 valence electrons. The van der Waals surface area contributed by atoms with E-state index in [9.17, 15) is 0 Å². The topological polar surface area (TPSA) is 33.3 Å². The molecule has 0 spiro atoms. The standard InChI is InChI=1S/C16H20N2O/c1-3-7-15(8-4-1)13-17-11-12-18-19-14-16-9-5-2-6-10-16/h1-10,17-18H,11-14H2. The molecule has 0 saturated carbocycles. The van der Waals surface area contributed by atoms with Gasteiger partial charge in [-0.1, -0.05) is 60.7 Å². The predicted molar refractivity (Wildman–Crippen MR) is 77.4 cm³/mol. The number of rotatable bonds is 8. The zero-order valence-corrected chi connectivity index (χ0v) is 11.0. The largest absolute Gasteiger partial charge is 0.311 e. The number of hydroxylamine groups is 1. The maximum Gasteiger partial charge on any atom is 0.0933 e. The Kier molecular flexibility index (Phi) is 6.10. The molecular weight excluding hydrogens is 236 g/mol. The van der Waals surface area contributed by atoms with Crippen molar-refractivity contribution in [3.8, 4) is 0 Å². The third-order valence-electron chi connectivity index (χ3n) is 2.76. The average molecular weight is 256 g/mol. The minimum Gasteiger partial charge on any atom is -0.311 e. The summed E-state index contributed by atoms with van der Waals surface area (Å²) < 4.78 is 0.